The number of nitrogens with zero attached hydrogens (tertiary/aromatic N) is 3. The third kappa shape index (κ3) is 5.03. The highest BCUT2D eigenvalue weighted by Crippen LogP contribution is 2.20. The normalized spacial score (nSPS) is 15.9. The number of ether oxygens (including phenoxy) is 1. The Morgan fingerprint density at radius 3 is 2.63 bits per heavy atom. The van der Waals surface area contributed by atoms with Crippen LogP contribution in [0.3, 0.4) is 0 Å². The lowest BCUT2D eigenvalue weighted by molar-refractivity contribution is -0.122. The molecule has 0 aliphatic carbocycles. The van der Waals surface area contributed by atoms with Crippen LogP contribution in [0.1, 0.15) is 17.4 Å². The van der Waals surface area contributed by atoms with Crippen molar-refractivity contribution in [2.45, 2.75) is 18.3 Å². The fourth-order valence-electron chi connectivity index (χ4n) is 3.89. The molecular weight excluding hydrogens is 396 g/mol. The molecule has 0 spiro atoms. The number of benzene rings is 2. The number of para-hydroxylation sites is 2. The second kappa shape index (κ2) is 10.1. The van der Waals surface area contributed by atoms with Crippen molar-refractivity contribution in [3.05, 3.63) is 66.0 Å². The first-order chi connectivity index (χ1) is 14.7. The number of fused-ring (bicyclic) bond motifs is 1. The van der Waals surface area contributed by atoms with Gasteiger partial charge in [-0.05, 0) is 24.0 Å². The van der Waals surface area contributed by atoms with Gasteiger partial charge in [-0.1, -0.05) is 42.5 Å². The summed E-state index contributed by atoms with van der Waals surface area (Å²) in [7, 11) is 0. The quantitative estimate of drug-likeness (QED) is 0.602. The van der Waals surface area contributed by atoms with Crippen molar-refractivity contribution in [1.82, 2.24) is 19.8 Å². The molecule has 1 amide bonds. The van der Waals surface area contributed by atoms with E-state index in [1.54, 1.807) is 11.8 Å². The van der Waals surface area contributed by atoms with Gasteiger partial charge in [0.1, 0.15) is 12.4 Å². The number of imidazole rings is 1. The fraction of sp³-hybridized carbons (Fsp3) is 0.391. The zero-order valence-electron chi connectivity index (χ0n) is 17.3. The van der Waals surface area contributed by atoms with E-state index in [9.17, 15) is 4.79 Å². The summed E-state index contributed by atoms with van der Waals surface area (Å²) in [5.74, 6) is 1.71. The van der Waals surface area contributed by atoms with Gasteiger partial charge in [-0.15, -0.1) is 0 Å². The Labute approximate surface area is 181 Å². The van der Waals surface area contributed by atoms with Crippen LogP contribution in [0.4, 0.5) is 0 Å². The number of nitrogens with one attached hydrogen (secondary N) is 1. The molecule has 1 aromatic heterocycles. The van der Waals surface area contributed by atoms with Crippen molar-refractivity contribution >= 4 is 28.7 Å². The van der Waals surface area contributed by atoms with E-state index in [1.807, 2.05) is 47.0 Å². The van der Waals surface area contributed by atoms with Crippen molar-refractivity contribution in [3.63, 3.8) is 0 Å². The summed E-state index contributed by atoms with van der Waals surface area (Å²) in [6, 6.07) is 18.2. The molecule has 3 aromatic rings. The third-order valence-corrected chi connectivity index (χ3v) is 5.94. The Kier molecular flexibility index (Phi) is 7.04. The van der Waals surface area contributed by atoms with Crippen molar-refractivity contribution in [1.29, 1.82) is 0 Å². The monoisotopic (exact) mass is 424 g/mol. The van der Waals surface area contributed by atoms with Crippen molar-refractivity contribution < 1.29 is 9.53 Å². The van der Waals surface area contributed by atoms with E-state index in [-0.39, 0.29) is 18.5 Å². The lowest BCUT2D eigenvalue weighted by Crippen LogP contribution is -2.43. The molecule has 0 radical (unpaired) electrons. The highest BCUT2D eigenvalue weighted by atomic mass is 32.2. The van der Waals surface area contributed by atoms with E-state index in [1.165, 1.54) is 0 Å². The number of amides is 1. The number of aromatic nitrogens is 2. The van der Waals surface area contributed by atoms with Gasteiger partial charge >= 0.3 is 0 Å². The number of hydrogen-bond donors (Lipinski definition) is 1. The summed E-state index contributed by atoms with van der Waals surface area (Å²) in [5.41, 5.74) is 3.06. The second-order valence-electron chi connectivity index (χ2n) is 7.48. The molecule has 2 heterocycles. The molecule has 7 heteroatoms. The molecule has 1 unspecified atom stereocenters. The van der Waals surface area contributed by atoms with Crippen molar-refractivity contribution in [2.75, 3.05) is 39.1 Å². The molecular formula is C23H28N4O2S. The van der Waals surface area contributed by atoms with Crippen molar-refractivity contribution in [3.8, 4) is 0 Å². The number of hydrogen-bond acceptors (Lipinski definition) is 5. The maximum atomic E-state index is 13.1. The molecule has 30 heavy (non-hydrogen) atoms. The van der Waals surface area contributed by atoms with Gasteiger partial charge in [0.25, 0.3) is 0 Å². The summed E-state index contributed by atoms with van der Waals surface area (Å²) in [6.45, 7) is 4.32. The predicted molar refractivity (Wildman–Crippen MR) is 122 cm³/mol. The standard InChI is InChI=1S/C23H28N4O2S/c1-30-17-22-24-19-9-5-6-10-21(19)27(22)16-23(28)25-20(18-7-3-2-4-8-18)15-26-11-13-29-14-12-26/h2-10,20H,11-17H2,1H3,(H,25,28). The van der Waals surface area contributed by atoms with E-state index in [0.717, 1.165) is 61.0 Å². The van der Waals surface area contributed by atoms with Crippen LogP contribution in [-0.2, 0) is 21.8 Å². The topological polar surface area (TPSA) is 59.4 Å². The minimum Gasteiger partial charge on any atom is -0.379 e. The minimum atomic E-state index is -0.0596. The van der Waals surface area contributed by atoms with Gasteiger partial charge in [0.05, 0.1) is 36.0 Å². The Balaban J connectivity index is 1.52. The number of carbonyl (C=O) groups is 1. The van der Waals surface area contributed by atoms with Gasteiger partial charge in [-0.25, -0.2) is 4.98 Å². The van der Waals surface area contributed by atoms with E-state index >= 15 is 0 Å². The first-order valence-corrected chi connectivity index (χ1v) is 11.7. The van der Waals surface area contributed by atoms with E-state index in [4.69, 9.17) is 9.72 Å². The molecule has 158 valence electrons. The molecule has 0 saturated carbocycles. The first-order valence-electron chi connectivity index (χ1n) is 10.3. The zero-order chi connectivity index (χ0) is 20.8. The van der Waals surface area contributed by atoms with E-state index in [0.29, 0.717) is 0 Å². The molecule has 1 N–H and O–H groups in total. The summed E-state index contributed by atoms with van der Waals surface area (Å²) >= 11 is 1.71. The predicted octanol–water partition coefficient (Wildman–Crippen LogP) is 3.09. The largest absolute Gasteiger partial charge is 0.379 e. The summed E-state index contributed by atoms with van der Waals surface area (Å²) in [5, 5.41) is 3.28. The van der Waals surface area contributed by atoms with Gasteiger partial charge in [0, 0.05) is 19.6 Å². The van der Waals surface area contributed by atoms with E-state index in [2.05, 4.69) is 28.6 Å². The number of morpholine rings is 1. The summed E-state index contributed by atoms with van der Waals surface area (Å²) in [6.07, 6.45) is 2.05. The molecule has 4 rings (SSSR count). The Bertz CT molecular complexity index is 970. The molecule has 6 nitrogen and oxygen atoms in total. The lowest BCUT2D eigenvalue weighted by atomic mass is 10.1. The highest BCUT2D eigenvalue weighted by molar-refractivity contribution is 7.97. The maximum absolute atomic E-state index is 13.1. The van der Waals surface area contributed by atoms with Gasteiger partial charge in [-0.2, -0.15) is 11.8 Å². The van der Waals surface area contributed by atoms with Gasteiger partial charge < -0.3 is 14.6 Å². The van der Waals surface area contributed by atoms with Crippen LogP contribution in [-0.4, -0.2) is 59.5 Å². The SMILES string of the molecule is CSCc1nc2ccccc2n1CC(=O)NC(CN1CCOCC1)c1ccccc1. The second-order valence-corrected chi connectivity index (χ2v) is 8.35. The average molecular weight is 425 g/mol. The van der Waals surface area contributed by atoms with Crippen LogP contribution >= 0.6 is 11.8 Å². The Morgan fingerprint density at radius 1 is 1.13 bits per heavy atom. The fourth-order valence-corrected chi connectivity index (χ4v) is 4.36. The third-order valence-electron chi connectivity index (χ3n) is 5.39. The lowest BCUT2D eigenvalue weighted by Gasteiger charge is -2.31. The van der Waals surface area contributed by atoms with Crippen LogP contribution < -0.4 is 5.32 Å². The maximum Gasteiger partial charge on any atom is 0.240 e. The van der Waals surface area contributed by atoms with Crippen LogP contribution in [0.2, 0.25) is 0 Å². The number of rotatable bonds is 8. The van der Waals surface area contributed by atoms with Gasteiger partial charge in [-0.3, -0.25) is 9.69 Å². The minimum absolute atomic E-state index is 0.00242. The molecule has 0 bridgehead atoms. The summed E-state index contributed by atoms with van der Waals surface area (Å²) < 4.78 is 7.51. The smallest absolute Gasteiger partial charge is 0.240 e. The molecule has 1 aliphatic rings. The molecule has 1 atom stereocenters. The first kappa shape index (κ1) is 20.9. The average Bonchev–Trinajstić information content (AvgIpc) is 3.12. The van der Waals surface area contributed by atoms with E-state index < -0.39 is 0 Å². The van der Waals surface area contributed by atoms with Crippen LogP contribution in [0, 0.1) is 0 Å². The highest BCUT2D eigenvalue weighted by Gasteiger charge is 2.21. The van der Waals surface area contributed by atoms with Gasteiger partial charge in [0.2, 0.25) is 5.91 Å². The molecule has 2 aromatic carbocycles. The zero-order valence-corrected chi connectivity index (χ0v) is 18.1. The molecule has 1 aliphatic heterocycles. The Morgan fingerprint density at radius 2 is 1.87 bits per heavy atom. The van der Waals surface area contributed by atoms with Crippen LogP contribution in [0.15, 0.2) is 54.6 Å². The Hall–Kier alpha value is -2.35. The van der Waals surface area contributed by atoms with Crippen molar-refractivity contribution in [2.24, 2.45) is 0 Å². The number of carbonyl (C=O) groups excluding carboxylic acids is 1. The molecule has 1 fully saturated rings. The number of thioether (sulfide) groups is 1. The molecule has 1 saturated heterocycles. The van der Waals surface area contributed by atoms with Gasteiger partial charge in [0.15, 0.2) is 0 Å². The van der Waals surface area contributed by atoms with Crippen LogP contribution in [0.5, 0.6) is 0 Å². The van der Waals surface area contributed by atoms with Crippen LogP contribution in [0.25, 0.3) is 11.0 Å². The summed E-state index contributed by atoms with van der Waals surface area (Å²) in [4.78, 5) is 20.2.